The van der Waals surface area contributed by atoms with E-state index in [4.69, 9.17) is 0 Å². The Kier molecular flexibility index (Phi) is 3770. The van der Waals surface area contributed by atoms with Gasteiger partial charge in [-0.25, -0.2) is 0 Å². The zero-order valence-electron chi connectivity index (χ0n) is 2.18. The Balaban J connectivity index is 0. The standard InChI is InChI=1S/2H3N.H2O.Pd/h2*1H3;1H2;/q;;;+2/p-1. The van der Waals surface area contributed by atoms with E-state index >= 15 is 0 Å². The summed E-state index contributed by atoms with van der Waals surface area (Å²) in [6.45, 7) is 0. The van der Waals surface area contributed by atoms with Gasteiger partial charge in [0.2, 0.25) is 0 Å². The van der Waals surface area contributed by atoms with Crippen LogP contribution < -0.4 is 12.3 Å². The molecule has 0 fully saturated rings. The summed E-state index contributed by atoms with van der Waals surface area (Å²) in [4.78, 5) is 0. The van der Waals surface area contributed by atoms with E-state index in [0.717, 1.165) is 0 Å². The van der Waals surface area contributed by atoms with Gasteiger partial charge in [0.1, 0.15) is 0 Å². The van der Waals surface area contributed by atoms with Gasteiger partial charge in [-0.15, -0.1) is 0 Å². The van der Waals surface area contributed by atoms with Gasteiger partial charge in [0.15, 0.2) is 0 Å². The molecule has 0 unspecified atom stereocenters. The van der Waals surface area contributed by atoms with Crippen molar-refractivity contribution >= 4 is 0 Å². The molecule has 0 aromatic heterocycles. The van der Waals surface area contributed by atoms with Crippen molar-refractivity contribution in [1.82, 2.24) is 12.3 Å². The van der Waals surface area contributed by atoms with Crippen molar-refractivity contribution in [3.8, 4) is 0 Å². The molecular weight excluding hydrogens is 150 g/mol. The molecule has 0 aliphatic rings. The average molecular weight is 157 g/mol. The van der Waals surface area contributed by atoms with Crippen molar-refractivity contribution in [2.45, 2.75) is 0 Å². The Hall–Kier alpha value is 0.542. The summed E-state index contributed by atoms with van der Waals surface area (Å²) in [6.07, 6.45) is 0. The van der Waals surface area contributed by atoms with E-state index in [0.29, 0.717) is 0 Å². The van der Waals surface area contributed by atoms with Crippen LogP contribution >= 0.6 is 0 Å². The van der Waals surface area contributed by atoms with E-state index in [1.54, 1.807) is 0 Å². The first-order valence-corrected chi connectivity index (χ1v) is 0. The van der Waals surface area contributed by atoms with Gasteiger partial charge in [-0.3, -0.25) is 0 Å². The summed E-state index contributed by atoms with van der Waals surface area (Å²) in [6, 6.07) is 0. The molecular formula is H7N2OPd+. The van der Waals surface area contributed by atoms with Gasteiger partial charge < -0.3 is 17.8 Å². The fourth-order valence-electron chi connectivity index (χ4n) is 0. The van der Waals surface area contributed by atoms with E-state index in [-0.39, 0.29) is 38.2 Å². The van der Waals surface area contributed by atoms with Gasteiger partial charge in [0, 0.05) is 0 Å². The Morgan fingerprint density at radius 3 is 0.750 bits per heavy atom. The summed E-state index contributed by atoms with van der Waals surface area (Å²) in [5.41, 5.74) is 0. The largest absolute Gasteiger partial charge is 2.00 e. The molecule has 0 bridgehead atoms. The van der Waals surface area contributed by atoms with E-state index in [1.807, 2.05) is 0 Å². The Morgan fingerprint density at radius 1 is 0.750 bits per heavy atom. The van der Waals surface area contributed by atoms with Crippen LogP contribution in [0.3, 0.4) is 0 Å². The van der Waals surface area contributed by atoms with E-state index in [1.165, 1.54) is 0 Å². The number of hydrogen-bond acceptors (Lipinski definition) is 3. The Morgan fingerprint density at radius 2 is 0.750 bits per heavy atom. The van der Waals surface area contributed by atoms with Crippen LogP contribution in [-0.2, 0) is 20.4 Å². The van der Waals surface area contributed by atoms with Gasteiger partial charge in [0.25, 0.3) is 0 Å². The number of hydrogen-bond donors (Lipinski definition) is 2. The quantitative estimate of drug-likeness (QED) is 0.489. The van der Waals surface area contributed by atoms with Crippen molar-refractivity contribution in [1.29, 1.82) is 0 Å². The van der Waals surface area contributed by atoms with Gasteiger partial charge in [-0.05, 0) is 0 Å². The molecule has 0 saturated heterocycles. The zero-order valence-corrected chi connectivity index (χ0v) is 3.73. The molecule has 0 atom stereocenters. The van der Waals surface area contributed by atoms with Crippen molar-refractivity contribution < 1.29 is 25.9 Å². The second-order valence-corrected chi connectivity index (χ2v) is 0. The van der Waals surface area contributed by atoms with Gasteiger partial charge in [-0.1, -0.05) is 0 Å². The summed E-state index contributed by atoms with van der Waals surface area (Å²) < 4.78 is 0. The molecule has 0 amide bonds. The monoisotopic (exact) mass is 157 g/mol. The van der Waals surface area contributed by atoms with Crippen LogP contribution in [0.4, 0.5) is 0 Å². The minimum absolute atomic E-state index is 0. The molecule has 0 spiro atoms. The molecule has 0 heterocycles. The molecule has 7 N–H and O–H groups in total. The predicted octanol–water partition coefficient (Wildman–Crippen LogP) is 0.145. The van der Waals surface area contributed by atoms with E-state index in [2.05, 4.69) is 0 Å². The van der Waals surface area contributed by atoms with Gasteiger partial charge >= 0.3 is 20.4 Å². The maximum Gasteiger partial charge on any atom is 2.00 e. The predicted molar refractivity (Wildman–Crippen MR) is 12.0 cm³/mol. The number of rotatable bonds is 0. The van der Waals surface area contributed by atoms with Crippen molar-refractivity contribution in [3.63, 3.8) is 0 Å². The molecule has 3 nitrogen and oxygen atoms in total. The Bertz CT molecular complexity index is 6.00. The van der Waals surface area contributed by atoms with Gasteiger partial charge in [-0.2, -0.15) is 0 Å². The summed E-state index contributed by atoms with van der Waals surface area (Å²) >= 11 is 0. The van der Waals surface area contributed by atoms with Crippen LogP contribution in [0.2, 0.25) is 0 Å². The SMILES string of the molecule is N.N.[OH-].[Pd+2]. The van der Waals surface area contributed by atoms with Crippen molar-refractivity contribution in [2.24, 2.45) is 0 Å². The maximum atomic E-state index is 0. The minimum Gasteiger partial charge on any atom is -0.870 e. The smallest absolute Gasteiger partial charge is 0.870 e. The van der Waals surface area contributed by atoms with Crippen LogP contribution in [0.15, 0.2) is 0 Å². The third-order valence-electron chi connectivity index (χ3n) is 0. The molecule has 0 aliphatic carbocycles. The molecule has 32 valence electrons. The minimum atomic E-state index is 0. The summed E-state index contributed by atoms with van der Waals surface area (Å²) in [5, 5.41) is 0. The topological polar surface area (TPSA) is 100 Å². The normalized spacial score (nSPS) is 0. The third kappa shape index (κ3) is 20.6. The molecule has 0 radical (unpaired) electrons. The molecule has 4 heavy (non-hydrogen) atoms. The molecule has 0 saturated carbocycles. The second-order valence-electron chi connectivity index (χ2n) is 0. The fourth-order valence-corrected chi connectivity index (χ4v) is 0. The molecule has 0 rings (SSSR count). The average Bonchev–Trinajstić information content (AvgIpc) is 0. The van der Waals surface area contributed by atoms with Crippen LogP contribution in [-0.4, -0.2) is 5.48 Å². The van der Waals surface area contributed by atoms with Crippen molar-refractivity contribution in [3.05, 3.63) is 0 Å². The first-order valence-electron chi connectivity index (χ1n) is 0. The summed E-state index contributed by atoms with van der Waals surface area (Å²) in [5.74, 6) is 0. The molecule has 0 aliphatic heterocycles. The third-order valence-corrected chi connectivity index (χ3v) is 0. The van der Waals surface area contributed by atoms with E-state index in [9.17, 15) is 0 Å². The van der Waals surface area contributed by atoms with Crippen LogP contribution in [0.1, 0.15) is 0 Å². The Labute approximate surface area is 38.9 Å². The second kappa shape index (κ2) is 77.8. The van der Waals surface area contributed by atoms with Gasteiger partial charge in [0.05, 0.1) is 0 Å². The summed E-state index contributed by atoms with van der Waals surface area (Å²) in [7, 11) is 0. The first kappa shape index (κ1) is 194. The van der Waals surface area contributed by atoms with Crippen LogP contribution in [0, 0.1) is 0 Å². The van der Waals surface area contributed by atoms with Crippen LogP contribution in [0.25, 0.3) is 0 Å². The first-order chi connectivity index (χ1) is 0. The molecule has 0 aromatic carbocycles. The fraction of sp³-hybridized carbons (Fsp3) is 0. The van der Waals surface area contributed by atoms with Crippen LogP contribution in [0.5, 0.6) is 0 Å². The molecule has 4 heteroatoms. The van der Waals surface area contributed by atoms with E-state index < -0.39 is 0 Å². The zero-order chi connectivity index (χ0) is 0. The molecule has 0 aromatic rings. The van der Waals surface area contributed by atoms with Crippen molar-refractivity contribution in [2.75, 3.05) is 0 Å². The maximum absolute atomic E-state index is 0.